The summed E-state index contributed by atoms with van der Waals surface area (Å²) < 4.78 is 0. The van der Waals surface area contributed by atoms with Crippen LogP contribution in [0.4, 0.5) is 0 Å². The zero-order valence-electron chi connectivity index (χ0n) is 12.1. The van der Waals surface area contributed by atoms with Gasteiger partial charge < -0.3 is 10.6 Å². The summed E-state index contributed by atoms with van der Waals surface area (Å²) in [5, 5.41) is 0. The van der Waals surface area contributed by atoms with Crippen molar-refractivity contribution in [3.63, 3.8) is 0 Å². The Bertz CT molecular complexity index is 306. The molecule has 2 bridgehead atoms. The first kappa shape index (κ1) is 12.9. The Labute approximate surface area is 112 Å². The van der Waals surface area contributed by atoms with Crippen LogP contribution in [0.25, 0.3) is 0 Å². The largest absolute Gasteiger partial charge is 0.329 e. The summed E-state index contributed by atoms with van der Waals surface area (Å²) in [6.45, 7) is 4.46. The lowest BCUT2D eigenvalue weighted by Gasteiger charge is -2.40. The molecule has 0 aromatic rings. The van der Waals surface area contributed by atoms with Crippen LogP contribution in [0.2, 0.25) is 0 Å². The van der Waals surface area contributed by atoms with E-state index in [1.807, 2.05) is 0 Å². The topological polar surface area (TPSA) is 32.5 Å². The van der Waals surface area contributed by atoms with E-state index >= 15 is 0 Å². The molecule has 0 radical (unpaired) electrons. The molecule has 3 heteroatoms. The molecule has 0 aromatic heterocycles. The third-order valence-electron chi connectivity index (χ3n) is 6.11. The molecule has 1 heterocycles. The van der Waals surface area contributed by atoms with Gasteiger partial charge in [0.05, 0.1) is 0 Å². The lowest BCUT2D eigenvalue weighted by molar-refractivity contribution is 0.0977. The van der Waals surface area contributed by atoms with Crippen LogP contribution in [0.3, 0.4) is 0 Å². The Morgan fingerprint density at radius 1 is 1.33 bits per heavy atom. The summed E-state index contributed by atoms with van der Waals surface area (Å²) in [6, 6.07) is 0. The minimum Gasteiger partial charge on any atom is -0.329 e. The maximum Gasteiger partial charge on any atom is 0.0467 e. The van der Waals surface area contributed by atoms with Gasteiger partial charge in [-0.15, -0.1) is 0 Å². The first-order valence-corrected chi connectivity index (χ1v) is 7.73. The average Bonchev–Trinajstić information content (AvgIpc) is 3.04. The number of fused-ring (bicyclic) bond motifs is 2. The average molecular weight is 251 g/mol. The number of hydrogen-bond acceptors (Lipinski definition) is 3. The minimum absolute atomic E-state index is 0.260. The normalized spacial score (nSPS) is 44.3. The van der Waals surface area contributed by atoms with E-state index in [0.29, 0.717) is 0 Å². The first-order valence-electron chi connectivity index (χ1n) is 7.73. The maximum atomic E-state index is 6.11. The first-order chi connectivity index (χ1) is 8.63. The lowest BCUT2D eigenvalue weighted by atomic mass is 9.86. The van der Waals surface area contributed by atoms with Gasteiger partial charge in [-0.25, -0.2) is 0 Å². The molecule has 3 fully saturated rings. The monoisotopic (exact) mass is 251 g/mol. The Morgan fingerprint density at radius 2 is 2.17 bits per heavy atom. The highest BCUT2D eigenvalue weighted by Gasteiger charge is 2.44. The van der Waals surface area contributed by atoms with Gasteiger partial charge in [-0.1, -0.05) is 6.42 Å². The van der Waals surface area contributed by atoms with Crippen molar-refractivity contribution < 1.29 is 0 Å². The Hall–Kier alpha value is -0.120. The summed E-state index contributed by atoms with van der Waals surface area (Å²) in [7, 11) is 4.54. The van der Waals surface area contributed by atoms with Crippen LogP contribution in [0.5, 0.6) is 0 Å². The Kier molecular flexibility index (Phi) is 3.41. The second-order valence-corrected chi connectivity index (χ2v) is 7.23. The van der Waals surface area contributed by atoms with Gasteiger partial charge >= 0.3 is 0 Å². The van der Waals surface area contributed by atoms with E-state index in [-0.39, 0.29) is 5.54 Å². The van der Waals surface area contributed by atoms with Crippen molar-refractivity contribution in [3.05, 3.63) is 0 Å². The fourth-order valence-corrected chi connectivity index (χ4v) is 4.84. The summed E-state index contributed by atoms with van der Waals surface area (Å²) in [5.74, 6) is 3.06. The molecule has 2 aliphatic carbocycles. The summed E-state index contributed by atoms with van der Waals surface area (Å²) >= 11 is 0. The van der Waals surface area contributed by atoms with E-state index in [4.69, 9.17) is 5.73 Å². The molecule has 1 saturated heterocycles. The molecule has 104 valence electrons. The number of likely N-dealkylation sites (tertiary alicyclic amines) is 1. The fourth-order valence-electron chi connectivity index (χ4n) is 4.84. The van der Waals surface area contributed by atoms with Crippen molar-refractivity contribution in [2.75, 3.05) is 40.3 Å². The van der Waals surface area contributed by atoms with Gasteiger partial charge in [0.2, 0.25) is 0 Å². The molecule has 4 atom stereocenters. The molecule has 1 aliphatic heterocycles. The molecular formula is C15H29N3. The summed E-state index contributed by atoms with van der Waals surface area (Å²) in [6.07, 6.45) is 7.27. The van der Waals surface area contributed by atoms with Crippen LogP contribution < -0.4 is 5.73 Å². The van der Waals surface area contributed by atoms with Crippen LogP contribution in [-0.2, 0) is 0 Å². The molecule has 18 heavy (non-hydrogen) atoms. The van der Waals surface area contributed by atoms with Crippen molar-refractivity contribution >= 4 is 0 Å². The number of rotatable bonds is 4. The molecule has 0 spiro atoms. The van der Waals surface area contributed by atoms with Crippen molar-refractivity contribution in [1.82, 2.24) is 9.80 Å². The molecule has 2 saturated carbocycles. The second kappa shape index (κ2) is 4.77. The second-order valence-electron chi connectivity index (χ2n) is 7.23. The molecular weight excluding hydrogens is 222 g/mol. The molecule has 2 N–H and O–H groups in total. The SMILES string of the molecule is CN1CCC(CN)(N(C)CC2CC3CCC2C3)C1. The highest BCUT2D eigenvalue weighted by atomic mass is 15.3. The van der Waals surface area contributed by atoms with Crippen LogP contribution >= 0.6 is 0 Å². The van der Waals surface area contributed by atoms with E-state index in [9.17, 15) is 0 Å². The summed E-state index contributed by atoms with van der Waals surface area (Å²) in [5.41, 5.74) is 6.37. The van der Waals surface area contributed by atoms with Crippen LogP contribution in [0.1, 0.15) is 32.1 Å². The summed E-state index contributed by atoms with van der Waals surface area (Å²) in [4.78, 5) is 5.05. The lowest BCUT2D eigenvalue weighted by Crippen LogP contribution is -2.55. The van der Waals surface area contributed by atoms with Crippen molar-refractivity contribution in [2.45, 2.75) is 37.6 Å². The number of likely N-dealkylation sites (N-methyl/N-ethyl adjacent to an activating group) is 2. The molecule has 3 aliphatic rings. The molecule has 0 amide bonds. The van der Waals surface area contributed by atoms with E-state index in [1.54, 1.807) is 0 Å². The van der Waals surface area contributed by atoms with E-state index < -0.39 is 0 Å². The van der Waals surface area contributed by atoms with Crippen molar-refractivity contribution in [3.8, 4) is 0 Å². The molecule has 0 aromatic carbocycles. The van der Waals surface area contributed by atoms with Gasteiger partial charge in [-0.2, -0.15) is 0 Å². The van der Waals surface area contributed by atoms with Gasteiger partial charge in [0.1, 0.15) is 0 Å². The van der Waals surface area contributed by atoms with Gasteiger partial charge in [0.25, 0.3) is 0 Å². The minimum atomic E-state index is 0.260. The standard InChI is InChI=1S/C15H29N3/c1-17-6-5-15(10-16,11-17)18(2)9-14-8-12-3-4-13(14)7-12/h12-14H,3-11,16H2,1-2H3. The van der Waals surface area contributed by atoms with Crippen LogP contribution in [-0.4, -0.2) is 55.6 Å². The highest BCUT2D eigenvalue weighted by molar-refractivity contribution is 5.00. The van der Waals surface area contributed by atoms with Gasteiger partial charge in [-0.05, 0) is 64.1 Å². The van der Waals surface area contributed by atoms with Crippen LogP contribution in [0, 0.1) is 17.8 Å². The van der Waals surface area contributed by atoms with E-state index in [0.717, 1.165) is 30.8 Å². The predicted octanol–water partition coefficient (Wildman–Crippen LogP) is 1.39. The smallest absolute Gasteiger partial charge is 0.0467 e. The third kappa shape index (κ3) is 2.10. The highest BCUT2D eigenvalue weighted by Crippen LogP contribution is 2.48. The number of hydrogen-bond donors (Lipinski definition) is 1. The quantitative estimate of drug-likeness (QED) is 0.819. The van der Waals surface area contributed by atoms with Gasteiger partial charge in [0.15, 0.2) is 0 Å². The van der Waals surface area contributed by atoms with E-state index in [2.05, 4.69) is 23.9 Å². The third-order valence-corrected chi connectivity index (χ3v) is 6.11. The van der Waals surface area contributed by atoms with Crippen molar-refractivity contribution in [2.24, 2.45) is 23.5 Å². The molecule has 3 nitrogen and oxygen atoms in total. The predicted molar refractivity (Wildman–Crippen MR) is 75.5 cm³/mol. The Balaban J connectivity index is 1.62. The maximum absolute atomic E-state index is 6.11. The van der Waals surface area contributed by atoms with Crippen molar-refractivity contribution in [1.29, 1.82) is 0 Å². The fraction of sp³-hybridized carbons (Fsp3) is 1.00. The number of nitrogens with two attached hydrogens (primary N) is 1. The van der Waals surface area contributed by atoms with Crippen LogP contribution in [0.15, 0.2) is 0 Å². The molecule has 3 rings (SSSR count). The molecule has 4 unspecified atom stereocenters. The zero-order valence-corrected chi connectivity index (χ0v) is 12.1. The zero-order chi connectivity index (χ0) is 12.8. The van der Waals surface area contributed by atoms with Gasteiger partial charge in [0, 0.05) is 25.2 Å². The number of nitrogens with zero attached hydrogens (tertiary/aromatic N) is 2. The van der Waals surface area contributed by atoms with E-state index in [1.165, 1.54) is 45.2 Å². The van der Waals surface area contributed by atoms with Gasteiger partial charge in [-0.3, -0.25) is 4.90 Å². The Morgan fingerprint density at radius 3 is 2.67 bits per heavy atom.